The highest BCUT2D eigenvalue weighted by molar-refractivity contribution is 5.95. The molecule has 0 aromatic heterocycles. The Morgan fingerprint density at radius 1 is 1.19 bits per heavy atom. The van der Waals surface area contributed by atoms with Crippen molar-refractivity contribution in [3.8, 4) is 5.75 Å². The van der Waals surface area contributed by atoms with Gasteiger partial charge in [0.1, 0.15) is 11.6 Å². The van der Waals surface area contributed by atoms with Crippen molar-refractivity contribution in [2.24, 2.45) is 0 Å². The molecule has 1 heterocycles. The summed E-state index contributed by atoms with van der Waals surface area (Å²) in [6.45, 7) is 0.921. The molecule has 0 bridgehead atoms. The van der Waals surface area contributed by atoms with Crippen LogP contribution < -0.4 is 10.5 Å². The van der Waals surface area contributed by atoms with Gasteiger partial charge >= 0.3 is 0 Å². The standard InChI is InChI=1S/C16H15FN2O2/c1-21-13-4-5-14(15(17)7-13)16(20)19-8-10-2-3-12(18)6-11(10)9-19/h2-7H,8-9,18H2,1H3. The summed E-state index contributed by atoms with van der Waals surface area (Å²) in [5.74, 6) is -0.513. The van der Waals surface area contributed by atoms with Gasteiger partial charge in [-0.2, -0.15) is 0 Å². The number of fused-ring (bicyclic) bond motifs is 1. The van der Waals surface area contributed by atoms with Crippen molar-refractivity contribution in [3.63, 3.8) is 0 Å². The Bertz CT molecular complexity index is 715. The van der Waals surface area contributed by atoms with E-state index in [4.69, 9.17) is 10.5 Å². The smallest absolute Gasteiger partial charge is 0.257 e. The van der Waals surface area contributed by atoms with Crippen LogP contribution >= 0.6 is 0 Å². The number of anilines is 1. The molecule has 21 heavy (non-hydrogen) atoms. The SMILES string of the molecule is COc1ccc(C(=O)N2Cc3ccc(N)cc3C2)c(F)c1. The molecule has 0 aliphatic carbocycles. The summed E-state index contributed by atoms with van der Waals surface area (Å²) in [4.78, 5) is 14.0. The summed E-state index contributed by atoms with van der Waals surface area (Å²) in [6, 6.07) is 9.82. The van der Waals surface area contributed by atoms with Gasteiger partial charge in [-0.1, -0.05) is 6.07 Å². The van der Waals surface area contributed by atoms with Crippen LogP contribution in [0.2, 0.25) is 0 Å². The van der Waals surface area contributed by atoms with E-state index in [1.165, 1.54) is 19.2 Å². The van der Waals surface area contributed by atoms with Crippen LogP contribution in [0, 0.1) is 5.82 Å². The maximum absolute atomic E-state index is 14.0. The van der Waals surface area contributed by atoms with Crippen LogP contribution in [0.4, 0.5) is 10.1 Å². The molecule has 1 amide bonds. The maximum atomic E-state index is 14.0. The summed E-state index contributed by atoms with van der Waals surface area (Å²) < 4.78 is 18.9. The van der Waals surface area contributed by atoms with Crippen molar-refractivity contribution in [2.45, 2.75) is 13.1 Å². The first-order chi connectivity index (χ1) is 10.1. The Morgan fingerprint density at radius 3 is 2.67 bits per heavy atom. The summed E-state index contributed by atoms with van der Waals surface area (Å²) in [7, 11) is 1.46. The first-order valence-electron chi connectivity index (χ1n) is 6.58. The highest BCUT2D eigenvalue weighted by Gasteiger charge is 2.26. The molecule has 2 aromatic rings. The third-order valence-electron chi connectivity index (χ3n) is 3.65. The molecule has 0 unspecified atom stereocenters. The van der Waals surface area contributed by atoms with E-state index >= 15 is 0 Å². The number of carbonyl (C=O) groups excluding carboxylic acids is 1. The van der Waals surface area contributed by atoms with Gasteiger partial charge in [-0.3, -0.25) is 4.79 Å². The Kier molecular flexibility index (Phi) is 3.25. The molecule has 0 atom stereocenters. The number of amides is 1. The van der Waals surface area contributed by atoms with Gasteiger partial charge in [-0.25, -0.2) is 4.39 Å². The van der Waals surface area contributed by atoms with E-state index in [1.54, 1.807) is 17.0 Å². The minimum Gasteiger partial charge on any atom is -0.497 e. The number of halogens is 1. The number of nitrogens with two attached hydrogens (primary N) is 1. The molecule has 2 aromatic carbocycles. The van der Waals surface area contributed by atoms with E-state index < -0.39 is 5.82 Å². The van der Waals surface area contributed by atoms with Gasteiger partial charge in [0.25, 0.3) is 5.91 Å². The molecule has 4 nitrogen and oxygen atoms in total. The first-order valence-corrected chi connectivity index (χ1v) is 6.58. The highest BCUT2D eigenvalue weighted by atomic mass is 19.1. The molecule has 1 aliphatic rings. The van der Waals surface area contributed by atoms with Gasteiger partial charge in [-0.05, 0) is 35.4 Å². The number of nitrogen functional groups attached to an aromatic ring is 1. The number of ether oxygens (including phenoxy) is 1. The van der Waals surface area contributed by atoms with Gasteiger partial charge in [0.15, 0.2) is 0 Å². The molecule has 0 radical (unpaired) electrons. The van der Waals surface area contributed by atoms with Crippen molar-refractivity contribution < 1.29 is 13.9 Å². The minimum absolute atomic E-state index is 0.0524. The van der Waals surface area contributed by atoms with Crippen LogP contribution in [0.3, 0.4) is 0 Å². The molecule has 0 spiro atoms. The largest absolute Gasteiger partial charge is 0.497 e. The van der Waals surface area contributed by atoms with Crippen LogP contribution in [-0.2, 0) is 13.1 Å². The number of methoxy groups -OCH3 is 1. The van der Waals surface area contributed by atoms with Crippen LogP contribution in [0.1, 0.15) is 21.5 Å². The normalized spacial score (nSPS) is 13.1. The topological polar surface area (TPSA) is 55.6 Å². The second-order valence-corrected chi connectivity index (χ2v) is 5.04. The molecule has 5 heteroatoms. The molecule has 3 rings (SSSR count). The Morgan fingerprint density at radius 2 is 1.95 bits per heavy atom. The Hall–Kier alpha value is -2.56. The van der Waals surface area contributed by atoms with Gasteiger partial charge in [0, 0.05) is 24.8 Å². The average molecular weight is 286 g/mol. The number of benzene rings is 2. The fraction of sp³-hybridized carbons (Fsp3) is 0.188. The number of carbonyl (C=O) groups is 1. The van der Waals surface area contributed by atoms with Crippen LogP contribution in [0.15, 0.2) is 36.4 Å². The van der Waals surface area contributed by atoms with Gasteiger partial charge in [0.2, 0.25) is 0 Å². The summed E-state index contributed by atoms with van der Waals surface area (Å²) >= 11 is 0. The van der Waals surface area contributed by atoms with Crippen molar-refractivity contribution in [1.82, 2.24) is 4.90 Å². The molecule has 0 saturated carbocycles. The van der Waals surface area contributed by atoms with Crippen molar-refractivity contribution in [2.75, 3.05) is 12.8 Å². The summed E-state index contributed by atoms with van der Waals surface area (Å²) in [6.07, 6.45) is 0. The zero-order chi connectivity index (χ0) is 15.0. The van der Waals surface area contributed by atoms with Gasteiger partial charge in [-0.15, -0.1) is 0 Å². The molecular weight excluding hydrogens is 271 g/mol. The third kappa shape index (κ3) is 2.42. The average Bonchev–Trinajstić information content (AvgIpc) is 2.89. The zero-order valence-electron chi connectivity index (χ0n) is 11.6. The number of hydrogen-bond donors (Lipinski definition) is 1. The number of nitrogens with zero attached hydrogens (tertiary/aromatic N) is 1. The lowest BCUT2D eigenvalue weighted by molar-refractivity contribution is 0.0746. The van der Waals surface area contributed by atoms with E-state index in [2.05, 4.69) is 0 Å². The fourth-order valence-electron chi connectivity index (χ4n) is 2.52. The van der Waals surface area contributed by atoms with Crippen molar-refractivity contribution in [3.05, 3.63) is 58.9 Å². The van der Waals surface area contributed by atoms with Crippen molar-refractivity contribution in [1.29, 1.82) is 0 Å². The summed E-state index contributed by atoms with van der Waals surface area (Å²) in [5.41, 5.74) is 8.52. The van der Waals surface area contributed by atoms with E-state index in [-0.39, 0.29) is 11.5 Å². The quantitative estimate of drug-likeness (QED) is 0.863. The molecular formula is C16H15FN2O2. The minimum atomic E-state index is -0.574. The van der Waals surface area contributed by atoms with E-state index in [0.717, 1.165) is 11.1 Å². The second-order valence-electron chi connectivity index (χ2n) is 5.04. The second kappa shape index (κ2) is 5.09. The van der Waals surface area contributed by atoms with E-state index in [1.807, 2.05) is 12.1 Å². The van der Waals surface area contributed by atoms with Crippen LogP contribution in [-0.4, -0.2) is 17.9 Å². The third-order valence-corrected chi connectivity index (χ3v) is 3.65. The van der Waals surface area contributed by atoms with Crippen molar-refractivity contribution >= 4 is 11.6 Å². The molecule has 1 aliphatic heterocycles. The molecule has 108 valence electrons. The lowest BCUT2D eigenvalue weighted by Gasteiger charge is -2.16. The highest BCUT2D eigenvalue weighted by Crippen LogP contribution is 2.27. The van der Waals surface area contributed by atoms with E-state index in [0.29, 0.717) is 24.5 Å². The number of rotatable bonds is 2. The predicted octanol–water partition coefficient (Wildman–Crippen LogP) is 2.57. The molecule has 2 N–H and O–H groups in total. The number of hydrogen-bond acceptors (Lipinski definition) is 3. The maximum Gasteiger partial charge on any atom is 0.257 e. The van der Waals surface area contributed by atoms with Gasteiger partial charge in [0.05, 0.1) is 12.7 Å². The Balaban J connectivity index is 1.85. The molecule has 0 fully saturated rings. The van der Waals surface area contributed by atoms with Gasteiger partial charge < -0.3 is 15.4 Å². The monoisotopic (exact) mass is 286 g/mol. The summed E-state index contributed by atoms with van der Waals surface area (Å²) in [5, 5.41) is 0. The van der Waals surface area contributed by atoms with Crippen LogP contribution in [0.25, 0.3) is 0 Å². The predicted molar refractivity (Wildman–Crippen MR) is 77.4 cm³/mol. The van der Waals surface area contributed by atoms with E-state index in [9.17, 15) is 9.18 Å². The zero-order valence-corrected chi connectivity index (χ0v) is 11.6. The fourth-order valence-corrected chi connectivity index (χ4v) is 2.52. The molecule has 0 saturated heterocycles. The lowest BCUT2D eigenvalue weighted by Crippen LogP contribution is -2.26. The first kappa shape index (κ1) is 13.4. The lowest BCUT2D eigenvalue weighted by atomic mass is 10.1. The Labute approximate surface area is 121 Å². The van der Waals surface area contributed by atoms with Crippen LogP contribution in [0.5, 0.6) is 5.75 Å².